The van der Waals surface area contributed by atoms with Gasteiger partial charge in [0, 0.05) is 6.07 Å². The number of benzene rings is 1. The molecular formula is C17H12N2O4. The molecule has 23 heavy (non-hydrogen) atoms. The number of carbonyl (C=O) groups is 1. The van der Waals surface area contributed by atoms with Crippen molar-refractivity contribution in [2.75, 3.05) is 0 Å². The summed E-state index contributed by atoms with van der Waals surface area (Å²) in [4.78, 5) is 11.0. The highest BCUT2D eigenvalue weighted by Gasteiger charge is 2.21. The summed E-state index contributed by atoms with van der Waals surface area (Å²) >= 11 is 0. The highest BCUT2D eigenvalue weighted by molar-refractivity contribution is 5.90. The Morgan fingerprint density at radius 3 is 2.61 bits per heavy atom. The lowest BCUT2D eigenvalue weighted by Gasteiger charge is -2.00. The Morgan fingerprint density at radius 2 is 1.91 bits per heavy atom. The Balaban J connectivity index is 1.95. The van der Waals surface area contributed by atoms with E-state index in [-0.39, 0.29) is 5.76 Å². The second-order valence-electron chi connectivity index (χ2n) is 5.14. The number of hydrogen-bond acceptors (Lipinski definition) is 4. The Morgan fingerprint density at radius 1 is 1.13 bits per heavy atom. The molecule has 114 valence electrons. The summed E-state index contributed by atoms with van der Waals surface area (Å²) in [5, 5.41) is 13.5. The third kappa shape index (κ3) is 2.12. The largest absolute Gasteiger partial charge is 0.475 e. The first-order valence-corrected chi connectivity index (χ1v) is 7.01. The average Bonchev–Trinajstić information content (AvgIpc) is 3.22. The molecular weight excluding hydrogens is 296 g/mol. The van der Waals surface area contributed by atoms with Crippen molar-refractivity contribution in [3.05, 3.63) is 60.1 Å². The molecule has 4 rings (SSSR count). The molecule has 0 unspecified atom stereocenters. The average molecular weight is 308 g/mol. The molecule has 3 aromatic heterocycles. The number of rotatable bonds is 3. The summed E-state index contributed by atoms with van der Waals surface area (Å²) in [6.07, 6.45) is 0. The van der Waals surface area contributed by atoms with Gasteiger partial charge in [-0.15, -0.1) is 0 Å². The lowest BCUT2D eigenvalue weighted by atomic mass is 10.3. The number of carboxylic acids is 1. The summed E-state index contributed by atoms with van der Waals surface area (Å²) in [5.41, 5.74) is 2.73. The SMILES string of the molecule is Cc1cc2c(o1)c(-c1ccc(C(=O)O)o1)nn2-c1ccccc1. The van der Waals surface area contributed by atoms with Crippen molar-refractivity contribution in [1.82, 2.24) is 9.78 Å². The molecule has 6 nitrogen and oxygen atoms in total. The number of furan rings is 2. The van der Waals surface area contributed by atoms with Crippen LogP contribution in [0.3, 0.4) is 0 Å². The van der Waals surface area contributed by atoms with Crippen LogP contribution in [-0.2, 0) is 0 Å². The molecule has 0 radical (unpaired) electrons. The molecule has 0 aliphatic rings. The molecule has 1 N–H and O–H groups in total. The Labute approximate surface area is 130 Å². The van der Waals surface area contributed by atoms with E-state index in [1.165, 1.54) is 6.07 Å². The topological polar surface area (TPSA) is 81.4 Å². The van der Waals surface area contributed by atoms with Crippen molar-refractivity contribution < 1.29 is 18.7 Å². The monoisotopic (exact) mass is 308 g/mol. The third-order valence-electron chi connectivity index (χ3n) is 3.53. The van der Waals surface area contributed by atoms with E-state index in [0.717, 1.165) is 17.0 Å². The molecule has 0 spiro atoms. The van der Waals surface area contributed by atoms with Crippen LogP contribution in [0.2, 0.25) is 0 Å². The lowest BCUT2D eigenvalue weighted by Crippen LogP contribution is -1.95. The number of aromatic nitrogens is 2. The van der Waals surface area contributed by atoms with Gasteiger partial charge in [-0.2, -0.15) is 5.10 Å². The number of aromatic carboxylic acids is 1. The van der Waals surface area contributed by atoms with E-state index in [9.17, 15) is 4.79 Å². The van der Waals surface area contributed by atoms with Crippen LogP contribution in [0.1, 0.15) is 16.3 Å². The van der Waals surface area contributed by atoms with Crippen LogP contribution >= 0.6 is 0 Å². The van der Waals surface area contributed by atoms with E-state index in [0.29, 0.717) is 17.0 Å². The van der Waals surface area contributed by atoms with Crippen LogP contribution in [0.15, 0.2) is 57.4 Å². The standard InChI is InChI=1S/C17H12N2O4/c1-10-9-12-16(22-10)15(13-7-8-14(23-13)17(20)21)18-19(12)11-5-3-2-4-6-11/h2-9H,1H3,(H,20,21). The second kappa shape index (κ2) is 4.88. The van der Waals surface area contributed by atoms with Gasteiger partial charge in [0.15, 0.2) is 17.0 Å². The van der Waals surface area contributed by atoms with E-state index in [2.05, 4.69) is 5.10 Å². The highest BCUT2D eigenvalue weighted by Crippen LogP contribution is 2.33. The number of fused-ring (bicyclic) bond motifs is 1. The van der Waals surface area contributed by atoms with Crippen molar-refractivity contribution in [3.8, 4) is 17.1 Å². The number of hydrogen-bond donors (Lipinski definition) is 1. The fourth-order valence-electron chi connectivity index (χ4n) is 2.53. The van der Waals surface area contributed by atoms with Gasteiger partial charge in [0.05, 0.1) is 5.69 Å². The summed E-state index contributed by atoms with van der Waals surface area (Å²) in [5.74, 6) is -0.152. The van der Waals surface area contributed by atoms with Crippen LogP contribution in [0.5, 0.6) is 0 Å². The summed E-state index contributed by atoms with van der Waals surface area (Å²) in [7, 11) is 0. The normalized spacial score (nSPS) is 11.2. The highest BCUT2D eigenvalue weighted by atomic mass is 16.4. The van der Waals surface area contributed by atoms with Crippen molar-refractivity contribution in [2.24, 2.45) is 0 Å². The third-order valence-corrected chi connectivity index (χ3v) is 3.53. The molecule has 0 fully saturated rings. The van der Waals surface area contributed by atoms with Crippen LogP contribution in [0.4, 0.5) is 0 Å². The van der Waals surface area contributed by atoms with Crippen molar-refractivity contribution in [3.63, 3.8) is 0 Å². The first-order chi connectivity index (χ1) is 11.1. The van der Waals surface area contributed by atoms with Gasteiger partial charge in [-0.25, -0.2) is 9.48 Å². The minimum absolute atomic E-state index is 0.134. The molecule has 1 aromatic carbocycles. The van der Waals surface area contributed by atoms with E-state index < -0.39 is 5.97 Å². The Bertz CT molecular complexity index is 1010. The fraction of sp³-hybridized carbons (Fsp3) is 0.0588. The maximum atomic E-state index is 11.0. The summed E-state index contributed by atoms with van der Waals surface area (Å²) < 4.78 is 12.9. The van der Waals surface area contributed by atoms with Crippen LogP contribution in [0.25, 0.3) is 28.2 Å². The van der Waals surface area contributed by atoms with Gasteiger partial charge in [-0.05, 0) is 31.2 Å². The van der Waals surface area contributed by atoms with Crippen molar-refractivity contribution >= 4 is 17.1 Å². The zero-order valence-electron chi connectivity index (χ0n) is 12.2. The fourth-order valence-corrected chi connectivity index (χ4v) is 2.53. The number of carboxylic acid groups (broad SMARTS) is 1. The first kappa shape index (κ1) is 13.4. The molecule has 4 aromatic rings. The predicted octanol–water partition coefficient (Wildman–Crippen LogP) is 3.89. The van der Waals surface area contributed by atoms with E-state index >= 15 is 0 Å². The van der Waals surface area contributed by atoms with Crippen molar-refractivity contribution in [2.45, 2.75) is 6.92 Å². The van der Waals surface area contributed by atoms with Gasteiger partial charge in [0.25, 0.3) is 0 Å². The number of para-hydroxylation sites is 1. The van der Waals surface area contributed by atoms with Crippen LogP contribution < -0.4 is 0 Å². The zero-order valence-corrected chi connectivity index (χ0v) is 12.2. The molecule has 0 bridgehead atoms. The minimum Gasteiger partial charge on any atom is -0.475 e. The quantitative estimate of drug-likeness (QED) is 0.621. The van der Waals surface area contributed by atoms with Gasteiger partial charge in [-0.3, -0.25) is 0 Å². The zero-order chi connectivity index (χ0) is 16.0. The minimum atomic E-state index is -1.12. The smallest absolute Gasteiger partial charge is 0.371 e. The number of aryl methyl sites for hydroxylation is 1. The maximum Gasteiger partial charge on any atom is 0.371 e. The molecule has 0 saturated heterocycles. The molecule has 0 atom stereocenters. The molecule has 6 heteroatoms. The van der Waals surface area contributed by atoms with Gasteiger partial charge in [0.1, 0.15) is 11.3 Å². The van der Waals surface area contributed by atoms with E-state index in [4.69, 9.17) is 13.9 Å². The Kier molecular flexibility index (Phi) is 2.84. The first-order valence-electron chi connectivity index (χ1n) is 7.01. The molecule has 0 aliphatic heterocycles. The molecule has 3 heterocycles. The van der Waals surface area contributed by atoms with Gasteiger partial charge in [0.2, 0.25) is 5.76 Å². The predicted molar refractivity (Wildman–Crippen MR) is 82.7 cm³/mol. The maximum absolute atomic E-state index is 11.0. The van der Waals surface area contributed by atoms with Crippen LogP contribution in [-0.4, -0.2) is 20.9 Å². The summed E-state index contributed by atoms with van der Waals surface area (Å²) in [6, 6.07) is 14.5. The van der Waals surface area contributed by atoms with Gasteiger partial charge in [-0.1, -0.05) is 18.2 Å². The number of nitrogens with zero attached hydrogens (tertiary/aromatic N) is 2. The van der Waals surface area contributed by atoms with Crippen LogP contribution in [0, 0.1) is 6.92 Å². The molecule has 0 amide bonds. The van der Waals surface area contributed by atoms with Crippen molar-refractivity contribution in [1.29, 1.82) is 0 Å². The second-order valence-corrected chi connectivity index (χ2v) is 5.14. The summed E-state index contributed by atoms with van der Waals surface area (Å²) in [6.45, 7) is 1.85. The Hall–Kier alpha value is -3.28. The lowest BCUT2D eigenvalue weighted by molar-refractivity contribution is 0.0663. The van der Waals surface area contributed by atoms with Gasteiger partial charge < -0.3 is 13.9 Å². The van der Waals surface area contributed by atoms with Gasteiger partial charge >= 0.3 is 5.97 Å². The molecule has 0 saturated carbocycles. The van der Waals surface area contributed by atoms with E-state index in [1.807, 2.05) is 43.3 Å². The molecule has 0 aliphatic carbocycles. The van der Waals surface area contributed by atoms with E-state index in [1.54, 1.807) is 10.7 Å².